The molecule has 1 amide bonds. The normalized spacial score (nSPS) is 14.3. The number of rotatable bonds is 3. The van der Waals surface area contributed by atoms with Crippen molar-refractivity contribution >= 4 is 11.6 Å². The van der Waals surface area contributed by atoms with Crippen LogP contribution in [0.15, 0.2) is 23.6 Å². The summed E-state index contributed by atoms with van der Waals surface area (Å²) in [4.78, 5) is 16.3. The maximum absolute atomic E-state index is 11.5. The summed E-state index contributed by atoms with van der Waals surface area (Å²) in [6, 6.07) is 1.61. The van der Waals surface area contributed by atoms with Crippen molar-refractivity contribution in [3.63, 3.8) is 0 Å². The van der Waals surface area contributed by atoms with Crippen LogP contribution in [0.3, 0.4) is 0 Å². The second kappa shape index (κ2) is 4.50. The maximum Gasteiger partial charge on any atom is 0.253 e. The van der Waals surface area contributed by atoms with E-state index < -0.39 is 0 Å². The van der Waals surface area contributed by atoms with Gasteiger partial charge in [-0.3, -0.25) is 4.79 Å². The van der Waals surface area contributed by atoms with Crippen LogP contribution in [0.5, 0.6) is 0 Å². The number of hydrogen-bond acceptors (Lipinski definition) is 5. The van der Waals surface area contributed by atoms with Crippen molar-refractivity contribution in [2.24, 2.45) is 5.16 Å². The molecule has 6 nitrogen and oxygen atoms in total. The fraction of sp³-hybridized carbons (Fsp3) is 0.333. The van der Waals surface area contributed by atoms with E-state index in [2.05, 4.69) is 20.7 Å². The molecule has 1 N–H and O–H groups in total. The molecule has 1 aliphatic rings. The molecule has 0 atom stereocenters. The second-order valence-electron chi connectivity index (χ2n) is 3.05. The lowest BCUT2D eigenvalue weighted by Crippen LogP contribution is -2.29. The monoisotopic (exact) mass is 206 g/mol. The van der Waals surface area contributed by atoms with Gasteiger partial charge in [-0.15, -0.1) is 0 Å². The molecular formula is C9H10N4O2. The van der Waals surface area contributed by atoms with Gasteiger partial charge in [0.2, 0.25) is 0 Å². The maximum atomic E-state index is 11.5. The van der Waals surface area contributed by atoms with E-state index in [-0.39, 0.29) is 5.91 Å². The predicted molar refractivity (Wildman–Crippen MR) is 52.4 cm³/mol. The molecule has 0 aliphatic carbocycles. The third-order valence-electron chi connectivity index (χ3n) is 1.98. The average Bonchev–Trinajstić information content (AvgIpc) is 2.80. The van der Waals surface area contributed by atoms with Crippen LogP contribution in [0.4, 0.5) is 0 Å². The highest BCUT2D eigenvalue weighted by molar-refractivity contribution is 5.97. The minimum atomic E-state index is -0.181. The Bertz CT molecular complexity index is 377. The number of hydrogen-bond donors (Lipinski definition) is 1. The molecule has 1 aromatic heterocycles. The van der Waals surface area contributed by atoms with Gasteiger partial charge in [-0.05, 0) is 6.07 Å². The second-order valence-corrected chi connectivity index (χ2v) is 3.05. The van der Waals surface area contributed by atoms with Crippen LogP contribution in [-0.2, 0) is 4.84 Å². The number of carbonyl (C=O) groups is 1. The summed E-state index contributed by atoms with van der Waals surface area (Å²) in [6.07, 6.45) is 3.67. The van der Waals surface area contributed by atoms with E-state index in [4.69, 9.17) is 4.84 Å². The Labute approximate surface area is 86.3 Å². The van der Waals surface area contributed by atoms with E-state index in [1.165, 1.54) is 12.4 Å². The van der Waals surface area contributed by atoms with Crippen LogP contribution < -0.4 is 5.32 Å². The van der Waals surface area contributed by atoms with Crippen molar-refractivity contribution in [2.45, 2.75) is 6.42 Å². The van der Waals surface area contributed by atoms with Gasteiger partial charge in [0.15, 0.2) is 0 Å². The van der Waals surface area contributed by atoms with Crippen LogP contribution in [0.1, 0.15) is 16.8 Å². The van der Waals surface area contributed by atoms with E-state index in [9.17, 15) is 4.79 Å². The van der Waals surface area contributed by atoms with Gasteiger partial charge in [0.05, 0.1) is 30.2 Å². The molecule has 78 valence electrons. The summed E-state index contributed by atoms with van der Waals surface area (Å²) in [7, 11) is 0. The summed E-state index contributed by atoms with van der Waals surface area (Å²) in [5.74, 6) is -0.181. The first kappa shape index (κ1) is 9.57. The van der Waals surface area contributed by atoms with Crippen LogP contribution >= 0.6 is 0 Å². The fourth-order valence-corrected chi connectivity index (χ4v) is 1.18. The molecule has 0 unspecified atom stereocenters. The number of nitrogens with one attached hydrogen (secondary N) is 1. The van der Waals surface area contributed by atoms with E-state index in [0.717, 1.165) is 12.1 Å². The van der Waals surface area contributed by atoms with Crippen molar-refractivity contribution in [3.05, 3.63) is 24.0 Å². The van der Waals surface area contributed by atoms with E-state index in [1.54, 1.807) is 6.07 Å². The minimum Gasteiger partial charge on any atom is -0.395 e. The van der Waals surface area contributed by atoms with Crippen LogP contribution in [0.2, 0.25) is 0 Å². The van der Waals surface area contributed by atoms with E-state index >= 15 is 0 Å². The first-order valence-electron chi connectivity index (χ1n) is 4.59. The van der Waals surface area contributed by atoms with Crippen LogP contribution in [0.25, 0.3) is 0 Å². The lowest BCUT2D eigenvalue weighted by Gasteiger charge is -2.02. The highest BCUT2D eigenvalue weighted by Gasteiger charge is 2.10. The smallest absolute Gasteiger partial charge is 0.253 e. The molecule has 1 aliphatic heterocycles. The molecule has 0 bridgehead atoms. The molecule has 15 heavy (non-hydrogen) atoms. The number of amides is 1. The highest BCUT2D eigenvalue weighted by atomic mass is 16.6. The van der Waals surface area contributed by atoms with Gasteiger partial charge in [-0.25, -0.2) is 0 Å². The zero-order chi connectivity index (χ0) is 10.5. The van der Waals surface area contributed by atoms with Crippen LogP contribution in [0, 0.1) is 0 Å². The lowest BCUT2D eigenvalue weighted by atomic mass is 10.2. The van der Waals surface area contributed by atoms with Gasteiger partial charge in [-0.1, -0.05) is 5.16 Å². The Hall–Kier alpha value is -1.98. The summed E-state index contributed by atoms with van der Waals surface area (Å²) in [5.41, 5.74) is 1.34. The zero-order valence-corrected chi connectivity index (χ0v) is 8.01. The number of aromatic nitrogens is 2. The molecule has 0 radical (unpaired) electrons. The number of oxime groups is 1. The third kappa shape index (κ3) is 2.49. The molecule has 2 heterocycles. The molecular weight excluding hydrogens is 196 g/mol. The van der Waals surface area contributed by atoms with E-state index in [0.29, 0.717) is 18.7 Å². The van der Waals surface area contributed by atoms with Crippen molar-refractivity contribution in [3.8, 4) is 0 Å². The first-order chi connectivity index (χ1) is 7.36. The largest absolute Gasteiger partial charge is 0.395 e. The standard InChI is InChI=1S/C9H10N4O2/c14-9(7-1-3-11-12-5-7)10-6-8-2-4-15-13-8/h1,3,5H,2,4,6H2,(H,10,14). The highest BCUT2D eigenvalue weighted by Crippen LogP contribution is 1.99. The summed E-state index contributed by atoms with van der Waals surface area (Å²) >= 11 is 0. The molecule has 6 heteroatoms. The third-order valence-corrected chi connectivity index (χ3v) is 1.98. The minimum absolute atomic E-state index is 0.181. The first-order valence-corrected chi connectivity index (χ1v) is 4.59. The Morgan fingerprint density at radius 1 is 1.53 bits per heavy atom. The number of carbonyl (C=O) groups excluding carboxylic acids is 1. The van der Waals surface area contributed by atoms with Gasteiger partial charge in [0.1, 0.15) is 6.61 Å². The Morgan fingerprint density at radius 2 is 2.47 bits per heavy atom. The lowest BCUT2D eigenvalue weighted by molar-refractivity contribution is 0.0958. The number of nitrogens with zero attached hydrogens (tertiary/aromatic N) is 3. The van der Waals surface area contributed by atoms with Crippen LogP contribution in [-0.4, -0.2) is 35.0 Å². The van der Waals surface area contributed by atoms with Crippen molar-refractivity contribution < 1.29 is 9.63 Å². The predicted octanol–water partition coefficient (Wildman–Crippen LogP) is -0.0173. The van der Waals surface area contributed by atoms with Gasteiger partial charge in [0, 0.05) is 6.42 Å². The van der Waals surface area contributed by atoms with Crippen molar-refractivity contribution in [2.75, 3.05) is 13.2 Å². The molecule has 1 aromatic rings. The molecule has 0 saturated carbocycles. The Balaban J connectivity index is 1.87. The summed E-state index contributed by atoms with van der Waals surface area (Å²) in [6.45, 7) is 1.02. The summed E-state index contributed by atoms with van der Waals surface area (Å²) in [5, 5.41) is 13.7. The van der Waals surface area contributed by atoms with Gasteiger partial charge >= 0.3 is 0 Å². The molecule has 0 aromatic carbocycles. The summed E-state index contributed by atoms with van der Waals surface area (Å²) < 4.78 is 0. The van der Waals surface area contributed by atoms with Crippen molar-refractivity contribution in [1.29, 1.82) is 0 Å². The Kier molecular flexibility index (Phi) is 2.87. The van der Waals surface area contributed by atoms with Crippen molar-refractivity contribution in [1.82, 2.24) is 15.5 Å². The fourth-order valence-electron chi connectivity index (χ4n) is 1.18. The SMILES string of the molecule is O=C(NCC1=NOCC1)c1ccnnc1. The quantitative estimate of drug-likeness (QED) is 0.754. The average molecular weight is 206 g/mol. The van der Waals surface area contributed by atoms with E-state index in [1.807, 2.05) is 0 Å². The molecule has 0 fully saturated rings. The molecule has 0 spiro atoms. The van der Waals surface area contributed by atoms with Gasteiger partial charge < -0.3 is 10.2 Å². The zero-order valence-electron chi connectivity index (χ0n) is 8.01. The molecule has 2 rings (SSSR count). The van der Waals surface area contributed by atoms with Gasteiger partial charge in [0.25, 0.3) is 5.91 Å². The molecule has 0 saturated heterocycles. The topological polar surface area (TPSA) is 76.5 Å². The van der Waals surface area contributed by atoms with Gasteiger partial charge in [-0.2, -0.15) is 10.2 Å². The Morgan fingerprint density at radius 3 is 3.13 bits per heavy atom.